The zero-order chi connectivity index (χ0) is 20.7. The standard InChI is InChI=1S/C19H15BrF6N2/c1-10(16-15-7-4-13(20)8-12(15)9-27-16)28-14-5-2-11(3-6-14)17(18(21,22)23)19(24,25)26/h2-8,16-17,27-28H,1,9H2. The number of hydrogen-bond donors (Lipinski definition) is 2. The minimum atomic E-state index is -5.41. The summed E-state index contributed by atoms with van der Waals surface area (Å²) in [5.41, 5.74) is 2.12. The average molecular weight is 465 g/mol. The molecule has 1 atom stereocenters. The molecule has 28 heavy (non-hydrogen) atoms. The maximum atomic E-state index is 12.8. The molecule has 0 saturated heterocycles. The SMILES string of the molecule is C=C(Nc1ccc(C(C(F)(F)F)C(F)(F)F)cc1)C1NCc2cc(Br)ccc21. The van der Waals surface area contributed by atoms with Crippen LogP contribution in [0.15, 0.2) is 59.2 Å². The van der Waals surface area contributed by atoms with Gasteiger partial charge in [-0.05, 0) is 41.0 Å². The molecule has 3 rings (SSSR count). The number of alkyl halides is 6. The molecule has 0 spiro atoms. The molecular weight excluding hydrogens is 450 g/mol. The summed E-state index contributed by atoms with van der Waals surface area (Å²) in [5.74, 6) is -3.51. The van der Waals surface area contributed by atoms with Crippen LogP contribution < -0.4 is 10.6 Å². The number of nitrogens with one attached hydrogen (secondary N) is 2. The van der Waals surface area contributed by atoms with E-state index in [9.17, 15) is 26.3 Å². The highest BCUT2D eigenvalue weighted by atomic mass is 79.9. The highest BCUT2D eigenvalue weighted by molar-refractivity contribution is 9.10. The van der Waals surface area contributed by atoms with Crippen LogP contribution in [0.2, 0.25) is 0 Å². The number of anilines is 1. The van der Waals surface area contributed by atoms with E-state index in [1.807, 2.05) is 18.2 Å². The second-order valence-electron chi connectivity index (χ2n) is 6.45. The zero-order valence-corrected chi connectivity index (χ0v) is 15.8. The maximum absolute atomic E-state index is 12.8. The molecule has 9 heteroatoms. The Morgan fingerprint density at radius 3 is 2.21 bits per heavy atom. The third-order valence-electron chi connectivity index (χ3n) is 4.46. The smallest absolute Gasteiger partial charge is 0.358 e. The van der Waals surface area contributed by atoms with Crippen LogP contribution in [0.1, 0.15) is 28.7 Å². The van der Waals surface area contributed by atoms with Gasteiger partial charge in [0.05, 0.1) is 6.04 Å². The Balaban J connectivity index is 1.76. The van der Waals surface area contributed by atoms with E-state index in [1.54, 1.807) is 0 Å². The molecule has 0 aromatic heterocycles. The number of hydrogen-bond acceptors (Lipinski definition) is 2. The summed E-state index contributed by atoms with van der Waals surface area (Å²) >= 11 is 3.40. The predicted octanol–water partition coefficient (Wildman–Crippen LogP) is 6.43. The van der Waals surface area contributed by atoms with Gasteiger partial charge in [0.2, 0.25) is 0 Å². The van der Waals surface area contributed by atoms with E-state index in [2.05, 4.69) is 33.1 Å². The van der Waals surface area contributed by atoms with Gasteiger partial charge < -0.3 is 10.6 Å². The number of rotatable bonds is 4. The fourth-order valence-corrected chi connectivity index (χ4v) is 3.63. The summed E-state index contributed by atoms with van der Waals surface area (Å²) in [4.78, 5) is 0. The largest absolute Gasteiger partial charge is 0.404 e. The van der Waals surface area contributed by atoms with Crippen LogP contribution >= 0.6 is 15.9 Å². The Labute approximate surface area is 165 Å². The monoisotopic (exact) mass is 464 g/mol. The van der Waals surface area contributed by atoms with E-state index in [4.69, 9.17) is 0 Å². The van der Waals surface area contributed by atoms with Gasteiger partial charge in [0.25, 0.3) is 0 Å². The van der Waals surface area contributed by atoms with E-state index in [0.717, 1.165) is 27.7 Å². The van der Waals surface area contributed by atoms with Crippen LogP contribution in [0.25, 0.3) is 0 Å². The third kappa shape index (κ3) is 4.35. The van der Waals surface area contributed by atoms with Crippen molar-refractivity contribution < 1.29 is 26.3 Å². The van der Waals surface area contributed by atoms with Crippen LogP contribution in [-0.4, -0.2) is 12.4 Å². The van der Waals surface area contributed by atoms with Crippen molar-refractivity contribution in [2.24, 2.45) is 0 Å². The first kappa shape index (κ1) is 20.7. The van der Waals surface area contributed by atoms with Crippen molar-refractivity contribution in [2.75, 3.05) is 5.32 Å². The van der Waals surface area contributed by atoms with E-state index in [1.165, 1.54) is 12.1 Å². The van der Waals surface area contributed by atoms with Crippen molar-refractivity contribution in [3.63, 3.8) is 0 Å². The van der Waals surface area contributed by atoms with E-state index < -0.39 is 23.8 Å². The fourth-order valence-electron chi connectivity index (χ4n) is 3.22. The van der Waals surface area contributed by atoms with Gasteiger partial charge in [0, 0.05) is 22.4 Å². The Morgan fingerprint density at radius 2 is 1.64 bits per heavy atom. The summed E-state index contributed by atoms with van der Waals surface area (Å²) in [6, 6.07) is 9.58. The van der Waals surface area contributed by atoms with Crippen LogP contribution in [0.3, 0.4) is 0 Å². The Morgan fingerprint density at radius 1 is 1.04 bits per heavy atom. The molecule has 2 aromatic rings. The summed E-state index contributed by atoms with van der Waals surface area (Å²) in [7, 11) is 0. The van der Waals surface area contributed by atoms with Crippen molar-refractivity contribution in [1.82, 2.24) is 5.32 Å². The van der Waals surface area contributed by atoms with Crippen molar-refractivity contribution in [3.8, 4) is 0 Å². The molecule has 2 nitrogen and oxygen atoms in total. The quantitative estimate of drug-likeness (QED) is 0.509. The highest BCUT2D eigenvalue weighted by Gasteiger charge is 2.57. The van der Waals surface area contributed by atoms with Crippen molar-refractivity contribution in [3.05, 3.63) is 75.9 Å². The first-order valence-electron chi connectivity index (χ1n) is 8.17. The van der Waals surface area contributed by atoms with E-state index >= 15 is 0 Å². The third-order valence-corrected chi connectivity index (χ3v) is 4.96. The molecule has 2 aromatic carbocycles. The Kier molecular flexibility index (Phi) is 5.51. The first-order valence-corrected chi connectivity index (χ1v) is 8.97. The molecule has 0 amide bonds. The molecule has 0 bridgehead atoms. The molecule has 0 saturated carbocycles. The van der Waals surface area contributed by atoms with E-state index in [-0.39, 0.29) is 6.04 Å². The second-order valence-corrected chi connectivity index (χ2v) is 7.36. The molecule has 1 heterocycles. The van der Waals surface area contributed by atoms with Crippen molar-refractivity contribution in [1.29, 1.82) is 0 Å². The lowest BCUT2D eigenvalue weighted by molar-refractivity contribution is -0.253. The minimum absolute atomic E-state index is 0.221. The number of halogens is 7. The van der Waals surface area contributed by atoms with Crippen LogP contribution in [0, 0.1) is 0 Å². The van der Waals surface area contributed by atoms with Gasteiger partial charge >= 0.3 is 12.4 Å². The summed E-state index contributed by atoms with van der Waals surface area (Å²) in [6.45, 7) is 4.57. The van der Waals surface area contributed by atoms with Crippen molar-refractivity contribution >= 4 is 21.6 Å². The molecule has 150 valence electrons. The molecule has 2 N–H and O–H groups in total. The van der Waals surface area contributed by atoms with Gasteiger partial charge in [-0.1, -0.05) is 40.7 Å². The molecule has 0 radical (unpaired) electrons. The molecule has 0 fully saturated rings. The van der Waals surface area contributed by atoms with Crippen LogP contribution in [-0.2, 0) is 6.54 Å². The van der Waals surface area contributed by atoms with Crippen molar-refractivity contribution in [2.45, 2.75) is 30.9 Å². The fraction of sp³-hybridized carbons (Fsp3) is 0.263. The Hall–Kier alpha value is -2.00. The molecule has 1 aliphatic rings. The van der Waals surface area contributed by atoms with E-state index in [0.29, 0.717) is 17.9 Å². The Bertz CT molecular complexity index is 859. The van der Waals surface area contributed by atoms with Gasteiger partial charge in [-0.15, -0.1) is 0 Å². The molecule has 0 aliphatic carbocycles. The maximum Gasteiger partial charge on any atom is 0.404 e. The first-order chi connectivity index (χ1) is 13.0. The van der Waals surface area contributed by atoms with Gasteiger partial charge in [-0.3, -0.25) is 0 Å². The lowest BCUT2D eigenvalue weighted by atomic mass is 9.97. The molecule has 1 unspecified atom stereocenters. The lowest BCUT2D eigenvalue weighted by Gasteiger charge is -2.23. The van der Waals surface area contributed by atoms with Crippen LogP contribution in [0.4, 0.5) is 32.0 Å². The highest BCUT2D eigenvalue weighted by Crippen LogP contribution is 2.46. The molecule has 1 aliphatic heterocycles. The van der Waals surface area contributed by atoms with Gasteiger partial charge in [-0.2, -0.15) is 26.3 Å². The van der Waals surface area contributed by atoms with Gasteiger partial charge in [0.15, 0.2) is 5.92 Å². The topological polar surface area (TPSA) is 24.1 Å². The molecular formula is C19H15BrF6N2. The average Bonchev–Trinajstić information content (AvgIpc) is 2.97. The minimum Gasteiger partial charge on any atom is -0.358 e. The van der Waals surface area contributed by atoms with Crippen LogP contribution in [0.5, 0.6) is 0 Å². The zero-order valence-electron chi connectivity index (χ0n) is 14.3. The normalized spacial score (nSPS) is 16.9. The lowest BCUT2D eigenvalue weighted by Crippen LogP contribution is -2.34. The van der Waals surface area contributed by atoms with Gasteiger partial charge in [0.1, 0.15) is 0 Å². The summed E-state index contributed by atoms with van der Waals surface area (Å²) in [6.07, 6.45) is -10.8. The number of fused-ring (bicyclic) bond motifs is 1. The predicted molar refractivity (Wildman–Crippen MR) is 97.8 cm³/mol. The number of benzene rings is 2. The second kappa shape index (κ2) is 7.44. The van der Waals surface area contributed by atoms with Gasteiger partial charge in [-0.25, -0.2) is 0 Å². The summed E-state index contributed by atoms with van der Waals surface area (Å²) < 4.78 is 77.9. The summed E-state index contributed by atoms with van der Waals surface area (Å²) in [5, 5.41) is 6.21.